The van der Waals surface area contributed by atoms with Gasteiger partial charge in [-0.15, -0.1) is 0 Å². The summed E-state index contributed by atoms with van der Waals surface area (Å²) in [6.07, 6.45) is -0.852. The number of hydrazine groups is 1. The third kappa shape index (κ3) is 5.16. The van der Waals surface area contributed by atoms with Gasteiger partial charge in [-0.05, 0) is 66.6 Å². The monoisotopic (exact) mass is 483 g/mol. The molecule has 1 atom stereocenters. The van der Waals surface area contributed by atoms with Crippen molar-refractivity contribution in [2.75, 3.05) is 0 Å². The Balaban J connectivity index is 2.00. The van der Waals surface area contributed by atoms with Gasteiger partial charge >= 0.3 is 0 Å². The zero-order valence-electron chi connectivity index (χ0n) is 14.9. The van der Waals surface area contributed by atoms with Crippen molar-refractivity contribution in [3.8, 4) is 5.75 Å². The number of nitrogens with zero attached hydrogens (tertiary/aromatic N) is 1. The van der Waals surface area contributed by atoms with Crippen molar-refractivity contribution in [3.05, 3.63) is 66.8 Å². The van der Waals surface area contributed by atoms with Crippen molar-refractivity contribution in [1.82, 2.24) is 10.9 Å². The van der Waals surface area contributed by atoms with Crippen LogP contribution in [0, 0.1) is 27.5 Å². The molecule has 0 bridgehead atoms. The number of nitro groups is 1. The van der Waals surface area contributed by atoms with Crippen LogP contribution in [0.2, 0.25) is 0 Å². The van der Waals surface area contributed by atoms with Crippen molar-refractivity contribution in [2.24, 2.45) is 0 Å². The summed E-state index contributed by atoms with van der Waals surface area (Å²) in [5.41, 5.74) is 6.37. The third-order valence-electron chi connectivity index (χ3n) is 3.93. The first kappa shape index (κ1) is 20.6. The van der Waals surface area contributed by atoms with Gasteiger partial charge in [0.2, 0.25) is 0 Å². The van der Waals surface area contributed by atoms with Crippen LogP contribution in [0.3, 0.4) is 0 Å². The fourth-order valence-corrected chi connectivity index (χ4v) is 2.76. The number of carbonyl (C=O) groups excluding carboxylic acids is 2. The number of hydrogen-bond donors (Lipinski definition) is 2. The van der Waals surface area contributed by atoms with Gasteiger partial charge in [-0.25, -0.2) is 0 Å². The highest BCUT2D eigenvalue weighted by molar-refractivity contribution is 14.1. The number of benzene rings is 2. The topological polar surface area (TPSA) is 111 Å². The molecular weight excluding hydrogens is 465 g/mol. The van der Waals surface area contributed by atoms with Crippen molar-refractivity contribution in [3.63, 3.8) is 0 Å². The van der Waals surface area contributed by atoms with Crippen LogP contribution in [0.25, 0.3) is 0 Å². The maximum Gasteiger partial charge on any atom is 0.279 e. The van der Waals surface area contributed by atoms with E-state index in [9.17, 15) is 19.7 Å². The Morgan fingerprint density at radius 1 is 1.19 bits per heavy atom. The lowest BCUT2D eigenvalue weighted by Gasteiger charge is -2.17. The van der Waals surface area contributed by atoms with E-state index >= 15 is 0 Å². The Morgan fingerprint density at radius 2 is 1.89 bits per heavy atom. The van der Waals surface area contributed by atoms with Gasteiger partial charge in [0.05, 0.1) is 10.5 Å². The highest BCUT2D eigenvalue weighted by Crippen LogP contribution is 2.22. The Kier molecular flexibility index (Phi) is 6.72. The molecule has 0 aliphatic heterocycles. The normalized spacial score (nSPS) is 11.4. The Morgan fingerprint density at radius 3 is 2.56 bits per heavy atom. The van der Waals surface area contributed by atoms with E-state index in [1.165, 1.54) is 12.1 Å². The van der Waals surface area contributed by atoms with Crippen LogP contribution >= 0.6 is 22.6 Å². The predicted molar refractivity (Wildman–Crippen MR) is 107 cm³/mol. The Hall–Kier alpha value is -2.69. The molecule has 0 aromatic heterocycles. The minimum atomic E-state index is -0.852. The molecule has 1 unspecified atom stereocenters. The van der Waals surface area contributed by atoms with E-state index < -0.39 is 22.8 Å². The molecule has 2 N–H and O–H groups in total. The quantitative estimate of drug-likeness (QED) is 0.386. The standard InChI is InChI=1S/C18H18IN3O5/c1-10-5-4-6-16(11(10)2)27-12(3)17(23)20-21-18(24)14-9-13(22(25)26)7-8-15(14)19/h4-9,12H,1-3H3,(H,20,23)(H,21,24). The predicted octanol–water partition coefficient (Wildman–Crippen LogP) is 3.04. The van der Waals surface area contributed by atoms with Crippen molar-refractivity contribution in [2.45, 2.75) is 26.9 Å². The second-order valence-electron chi connectivity index (χ2n) is 5.82. The minimum absolute atomic E-state index is 0.0909. The highest BCUT2D eigenvalue weighted by atomic mass is 127. The highest BCUT2D eigenvalue weighted by Gasteiger charge is 2.19. The Labute approximate surface area is 169 Å². The molecule has 0 aliphatic carbocycles. The van der Waals surface area contributed by atoms with E-state index in [0.717, 1.165) is 17.2 Å². The van der Waals surface area contributed by atoms with Crippen LogP contribution in [0.4, 0.5) is 5.69 Å². The molecule has 2 aromatic carbocycles. The van der Waals surface area contributed by atoms with E-state index in [1.54, 1.807) is 13.0 Å². The number of nitro benzene ring substituents is 1. The van der Waals surface area contributed by atoms with Crippen LogP contribution in [0.15, 0.2) is 36.4 Å². The second kappa shape index (κ2) is 8.80. The minimum Gasteiger partial charge on any atom is -0.481 e. The van der Waals surface area contributed by atoms with Gasteiger partial charge in [-0.2, -0.15) is 0 Å². The van der Waals surface area contributed by atoms with E-state index in [-0.39, 0.29) is 11.3 Å². The summed E-state index contributed by atoms with van der Waals surface area (Å²) in [4.78, 5) is 34.7. The SMILES string of the molecule is Cc1cccc(OC(C)C(=O)NNC(=O)c2cc([N+](=O)[O-])ccc2I)c1C. The molecule has 0 spiro atoms. The van der Waals surface area contributed by atoms with Gasteiger partial charge in [0.15, 0.2) is 6.10 Å². The van der Waals surface area contributed by atoms with E-state index in [1.807, 2.05) is 48.6 Å². The fourth-order valence-electron chi connectivity index (χ4n) is 2.18. The van der Waals surface area contributed by atoms with Gasteiger partial charge in [0, 0.05) is 15.7 Å². The third-order valence-corrected chi connectivity index (χ3v) is 4.87. The summed E-state index contributed by atoms with van der Waals surface area (Å²) in [6.45, 7) is 5.38. The molecule has 0 radical (unpaired) electrons. The fraction of sp³-hybridized carbons (Fsp3) is 0.222. The summed E-state index contributed by atoms with van der Waals surface area (Å²) < 4.78 is 6.16. The van der Waals surface area contributed by atoms with Gasteiger partial charge in [0.25, 0.3) is 17.5 Å². The number of nitrogens with one attached hydrogen (secondary N) is 2. The van der Waals surface area contributed by atoms with Crippen LogP contribution in [-0.4, -0.2) is 22.8 Å². The summed E-state index contributed by atoms with van der Waals surface area (Å²) in [5, 5.41) is 10.9. The first-order valence-corrected chi connectivity index (χ1v) is 9.05. The maximum absolute atomic E-state index is 12.2. The molecule has 2 aromatic rings. The number of carbonyl (C=O) groups is 2. The van der Waals surface area contributed by atoms with Crippen LogP contribution in [-0.2, 0) is 4.79 Å². The molecule has 2 rings (SSSR count). The summed E-state index contributed by atoms with van der Waals surface area (Å²) >= 11 is 1.89. The van der Waals surface area contributed by atoms with Crippen molar-refractivity contribution in [1.29, 1.82) is 0 Å². The molecule has 0 saturated carbocycles. The number of aryl methyl sites for hydroxylation is 1. The molecule has 0 saturated heterocycles. The van der Waals surface area contributed by atoms with Gasteiger partial charge in [-0.3, -0.25) is 30.6 Å². The molecule has 9 heteroatoms. The first-order valence-electron chi connectivity index (χ1n) is 7.97. The lowest BCUT2D eigenvalue weighted by Crippen LogP contribution is -2.47. The number of amides is 2. The first-order chi connectivity index (χ1) is 12.7. The number of hydrogen-bond acceptors (Lipinski definition) is 5. The zero-order chi connectivity index (χ0) is 20.1. The zero-order valence-corrected chi connectivity index (χ0v) is 17.1. The lowest BCUT2D eigenvalue weighted by atomic mass is 10.1. The molecule has 0 aliphatic rings. The molecule has 0 heterocycles. The average Bonchev–Trinajstić information content (AvgIpc) is 2.63. The van der Waals surface area contributed by atoms with Crippen LogP contribution < -0.4 is 15.6 Å². The average molecular weight is 483 g/mol. The molecule has 0 fully saturated rings. The van der Waals surface area contributed by atoms with Gasteiger partial charge in [-0.1, -0.05) is 12.1 Å². The molecule has 142 valence electrons. The van der Waals surface area contributed by atoms with Crippen LogP contribution in [0.5, 0.6) is 5.75 Å². The van der Waals surface area contributed by atoms with Crippen molar-refractivity contribution < 1.29 is 19.2 Å². The lowest BCUT2D eigenvalue weighted by molar-refractivity contribution is -0.384. The van der Waals surface area contributed by atoms with E-state index in [4.69, 9.17) is 4.74 Å². The molecule has 2 amide bonds. The summed E-state index contributed by atoms with van der Waals surface area (Å²) in [6, 6.07) is 9.44. The maximum atomic E-state index is 12.2. The van der Waals surface area contributed by atoms with Gasteiger partial charge < -0.3 is 4.74 Å². The second-order valence-corrected chi connectivity index (χ2v) is 6.98. The van der Waals surface area contributed by atoms with Crippen molar-refractivity contribution >= 4 is 40.1 Å². The Bertz CT molecular complexity index is 901. The van der Waals surface area contributed by atoms with Crippen LogP contribution in [0.1, 0.15) is 28.4 Å². The number of halogens is 1. The largest absolute Gasteiger partial charge is 0.481 e. The smallest absolute Gasteiger partial charge is 0.279 e. The van der Waals surface area contributed by atoms with E-state index in [0.29, 0.717) is 9.32 Å². The number of rotatable bonds is 5. The summed E-state index contributed by atoms with van der Waals surface area (Å²) in [5.74, 6) is -0.628. The van der Waals surface area contributed by atoms with Gasteiger partial charge in [0.1, 0.15) is 5.75 Å². The number of ether oxygens (including phenoxy) is 1. The summed E-state index contributed by atoms with van der Waals surface area (Å²) in [7, 11) is 0. The van der Waals surface area contributed by atoms with E-state index in [2.05, 4.69) is 10.9 Å². The molecular formula is C18H18IN3O5. The molecule has 27 heavy (non-hydrogen) atoms. The molecule has 8 nitrogen and oxygen atoms in total. The number of non-ortho nitro benzene ring substituents is 1.